The van der Waals surface area contributed by atoms with Crippen LogP contribution in [-0.4, -0.2) is 43.4 Å². The molecule has 0 aliphatic heterocycles. The predicted molar refractivity (Wildman–Crippen MR) is 112 cm³/mol. The highest BCUT2D eigenvalue weighted by atomic mass is 16.5. The maximum Gasteiger partial charge on any atom is 0.407 e. The zero-order chi connectivity index (χ0) is 22.2. The number of ether oxygens (including phenoxy) is 2. The number of unbranched alkanes of at least 4 members (excludes halogenated alkanes) is 2. The van der Waals surface area contributed by atoms with Gasteiger partial charge in [0.1, 0.15) is 18.4 Å². The number of Topliss-reactive ketones (excluding diaryl/α,β-unsaturated/α-hetero) is 1. The highest BCUT2D eigenvalue weighted by Crippen LogP contribution is 2.05. The third kappa shape index (κ3) is 11.2. The maximum atomic E-state index is 12.1. The SMILES string of the molecule is CCC(=O)CC[C@H](NC(=O)CCCCCNC(=O)OCc1ccccc1)C(=O)OC. The van der Waals surface area contributed by atoms with Crippen molar-refractivity contribution in [2.45, 2.75) is 64.5 Å². The van der Waals surface area contributed by atoms with E-state index in [2.05, 4.69) is 10.6 Å². The molecule has 30 heavy (non-hydrogen) atoms. The van der Waals surface area contributed by atoms with Crippen LogP contribution in [0.25, 0.3) is 0 Å². The minimum atomic E-state index is -0.806. The third-order valence-electron chi connectivity index (χ3n) is 4.49. The summed E-state index contributed by atoms with van der Waals surface area (Å²) in [4.78, 5) is 46.9. The summed E-state index contributed by atoms with van der Waals surface area (Å²) in [6, 6.07) is 8.61. The molecule has 2 N–H and O–H groups in total. The van der Waals surface area contributed by atoms with Crippen LogP contribution in [0.3, 0.4) is 0 Å². The molecule has 0 fully saturated rings. The van der Waals surface area contributed by atoms with Crippen molar-refractivity contribution in [3.8, 4) is 0 Å². The van der Waals surface area contributed by atoms with Crippen LogP contribution >= 0.6 is 0 Å². The lowest BCUT2D eigenvalue weighted by molar-refractivity contribution is -0.145. The number of amides is 2. The number of nitrogens with one attached hydrogen (secondary N) is 2. The maximum absolute atomic E-state index is 12.1. The first-order chi connectivity index (χ1) is 14.5. The molecular weight excluding hydrogens is 388 g/mol. The average molecular weight is 421 g/mol. The van der Waals surface area contributed by atoms with Crippen molar-refractivity contribution in [2.24, 2.45) is 0 Å². The second-order valence-electron chi connectivity index (χ2n) is 6.87. The Balaban J connectivity index is 2.15. The van der Waals surface area contributed by atoms with Gasteiger partial charge in [-0.15, -0.1) is 0 Å². The lowest BCUT2D eigenvalue weighted by Crippen LogP contribution is -2.41. The summed E-state index contributed by atoms with van der Waals surface area (Å²) in [6.07, 6.45) is 2.71. The van der Waals surface area contributed by atoms with Crippen LogP contribution in [0.15, 0.2) is 30.3 Å². The predicted octanol–water partition coefficient (Wildman–Crippen LogP) is 2.89. The second-order valence-corrected chi connectivity index (χ2v) is 6.87. The van der Waals surface area contributed by atoms with Crippen LogP contribution in [0.1, 0.15) is 57.4 Å². The Kier molecular flexibility index (Phi) is 12.6. The Morgan fingerprint density at radius 3 is 2.40 bits per heavy atom. The molecule has 0 bridgehead atoms. The van der Waals surface area contributed by atoms with Crippen LogP contribution < -0.4 is 10.6 Å². The van der Waals surface area contributed by atoms with Crippen molar-refractivity contribution in [1.29, 1.82) is 0 Å². The molecule has 0 unspecified atom stereocenters. The van der Waals surface area contributed by atoms with E-state index >= 15 is 0 Å². The minimum Gasteiger partial charge on any atom is -0.467 e. The van der Waals surface area contributed by atoms with E-state index in [4.69, 9.17) is 9.47 Å². The summed E-state index contributed by atoms with van der Waals surface area (Å²) < 4.78 is 9.81. The van der Waals surface area contributed by atoms with E-state index in [-0.39, 0.29) is 37.6 Å². The van der Waals surface area contributed by atoms with Crippen LogP contribution in [0, 0.1) is 0 Å². The normalized spacial score (nSPS) is 11.3. The largest absolute Gasteiger partial charge is 0.467 e. The number of carbonyl (C=O) groups is 4. The molecule has 0 saturated carbocycles. The molecule has 1 rings (SSSR count). The lowest BCUT2D eigenvalue weighted by atomic mass is 10.1. The van der Waals surface area contributed by atoms with E-state index in [9.17, 15) is 19.2 Å². The Bertz CT molecular complexity index is 677. The van der Waals surface area contributed by atoms with Crippen LogP contribution in [0.4, 0.5) is 4.79 Å². The highest BCUT2D eigenvalue weighted by molar-refractivity contribution is 5.85. The van der Waals surface area contributed by atoms with Gasteiger partial charge in [-0.25, -0.2) is 9.59 Å². The van der Waals surface area contributed by atoms with Gasteiger partial charge in [0, 0.05) is 25.8 Å². The monoisotopic (exact) mass is 420 g/mol. The van der Waals surface area contributed by atoms with Gasteiger partial charge in [0.2, 0.25) is 5.91 Å². The smallest absolute Gasteiger partial charge is 0.407 e. The Hall–Kier alpha value is -2.90. The quantitative estimate of drug-likeness (QED) is 0.354. The van der Waals surface area contributed by atoms with Crippen molar-refractivity contribution in [3.05, 3.63) is 35.9 Å². The van der Waals surface area contributed by atoms with E-state index in [1.54, 1.807) is 6.92 Å². The average Bonchev–Trinajstić information content (AvgIpc) is 2.77. The molecule has 0 aromatic heterocycles. The van der Waals surface area contributed by atoms with E-state index in [1.165, 1.54) is 7.11 Å². The number of esters is 1. The number of methoxy groups -OCH3 is 1. The number of alkyl carbamates (subject to hydrolysis) is 1. The van der Waals surface area contributed by atoms with Gasteiger partial charge in [-0.2, -0.15) is 0 Å². The molecule has 166 valence electrons. The summed E-state index contributed by atoms with van der Waals surface area (Å²) in [7, 11) is 1.25. The van der Waals surface area contributed by atoms with Gasteiger partial charge >= 0.3 is 12.1 Å². The zero-order valence-corrected chi connectivity index (χ0v) is 17.8. The Morgan fingerprint density at radius 2 is 1.73 bits per heavy atom. The lowest BCUT2D eigenvalue weighted by Gasteiger charge is -2.16. The van der Waals surface area contributed by atoms with Crippen molar-refractivity contribution in [1.82, 2.24) is 10.6 Å². The van der Waals surface area contributed by atoms with Crippen LogP contribution in [0.5, 0.6) is 0 Å². The van der Waals surface area contributed by atoms with Gasteiger partial charge in [-0.3, -0.25) is 9.59 Å². The summed E-state index contributed by atoms with van der Waals surface area (Å²) in [5.74, 6) is -0.775. The van der Waals surface area contributed by atoms with Gasteiger partial charge < -0.3 is 20.1 Å². The Labute approximate surface area is 177 Å². The standard InChI is InChI=1S/C22H32N2O6/c1-3-18(25)13-14-19(21(27)29-2)24-20(26)12-8-5-9-15-23-22(28)30-16-17-10-6-4-7-11-17/h4,6-7,10-11,19H,3,5,8-9,12-16H2,1-2H3,(H,23,28)(H,24,26)/t19-/m0/s1. The van der Waals surface area contributed by atoms with Gasteiger partial charge in [0.05, 0.1) is 7.11 Å². The first-order valence-electron chi connectivity index (χ1n) is 10.3. The number of benzene rings is 1. The molecule has 1 aromatic rings. The summed E-state index contributed by atoms with van der Waals surface area (Å²) >= 11 is 0. The summed E-state index contributed by atoms with van der Waals surface area (Å²) in [5.41, 5.74) is 0.919. The molecule has 0 aliphatic carbocycles. The summed E-state index contributed by atoms with van der Waals surface area (Å²) in [6.45, 7) is 2.43. The molecule has 2 amide bonds. The van der Waals surface area contributed by atoms with Crippen molar-refractivity contribution in [2.75, 3.05) is 13.7 Å². The number of carbonyl (C=O) groups excluding carboxylic acids is 4. The van der Waals surface area contributed by atoms with E-state index in [0.717, 1.165) is 12.0 Å². The first-order valence-corrected chi connectivity index (χ1v) is 10.3. The molecule has 0 spiro atoms. The molecule has 1 aromatic carbocycles. The molecule has 8 heteroatoms. The molecular formula is C22H32N2O6. The van der Waals surface area contributed by atoms with Crippen molar-refractivity contribution < 1.29 is 28.7 Å². The fourth-order valence-corrected chi connectivity index (χ4v) is 2.69. The van der Waals surface area contributed by atoms with E-state index < -0.39 is 18.1 Å². The number of rotatable bonds is 14. The highest BCUT2D eigenvalue weighted by Gasteiger charge is 2.21. The van der Waals surface area contributed by atoms with Gasteiger partial charge in [0.25, 0.3) is 0 Å². The first kappa shape index (κ1) is 25.1. The fraction of sp³-hybridized carbons (Fsp3) is 0.545. The van der Waals surface area contributed by atoms with Gasteiger partial charge in [-0.1, -0.05) is 43.7 Å². The molecule has 8 nitrogen and oxygen atoms in total. The Morgan fingerprint density at radius 1 is 1.00 bits per heavy atom. The van der Waals surface area contributed by atoms with E-state index in [1.807, 2.05) is 30.3 Å². The summed E-state index contributed by atoms with van der Waals surface area (Å²) in [5, 5.41) is 5.31. The third-order valence-corrected chi connectivity index (χ3v) is 4.49. The topological polar surface area (TPSA) is 111 Å². The van der Waals surface area contributed by atoms with Gasteiger partial charge in [0.15, 0.2) is 0 Å². The molecule has 0 radical (unpaired) electrons. The molecule has 1 atom stereocenters. The fourth-order valence-electron chi connectivity index (χ4n) is 2.69. The minimum absolute atomic E-state index is 0.0351. The molecule has 0 aliphatic rings. The zero-order valence-electron chi connectivity index (χ0n) is 17.8. The number of hydrogen-bond acceptors (Lipinski definition) is 6. The molecule has 0 heterocycles. The molecule has 0 saturated heterocycles. The van der Waals surface area contributed by atoms with Gasteiger partial charge in [-0.05, 0) is 24.8 Å². The van der Waals surface area contributed by atoms with Crippen molar-refractivity contribution >= 4 is 23.8 Å². The van der Waals surface area contributed by atoms with Crippen LogP contribution in [-0.2, 0) is 30.5 Å². The number of hydrogen-bond donors (Lipinski definition) is 2. The number of ketones is 1. The van der Waals surface area contributed by atoms with Crippen LogP contribution in [0.2, 0.25) is 0 Å². The van der Waals surface area contributed by atoms with E-state index in [0.29, 0.717) is 25.8 Å². The van der Waals surface area contributed by atoms with Crippen molar-refractivity contribution in [3.63, 3.8) is 0 Å². The second kappa shape index (κ2) is 15.0.